The Balaban J connectivity index is 2.54. The van der Waals surface area contributed by atoms with Crippen molar-refractivity contribution in [2.45, 2.75) is 46.6 Å². The predicted molar refractivity (Wildman–Crippen MR) is 84.7 cm³/mol. The van der Waals surface area contributed by atoms with Gasteiger partial charge in [0.1, 0.15) is 11.3 Å². The molecule has 1 aromatic heterocycles. The van der Waals surface area contributed by atoms with E-state index < -0.39 is 0 Å². The number of rotatable bonds is 5. The molecule has 104 valence electrons. The van der Waals surface area contributed by atoms with E-state index in [4.69, 9.17) is 4.42 Å². The fourth-order valence-electron chi connectivity index (χ4n) is 2.48. The second kappa shape index (κ2) is 6.10. The maximum Gasteiger partial charge on any atom is 0.138 e. The third-order valence-corrected chi connectivity index (χ3v) is 4.05. The molecule has 0 radical (unpaired) electrons. The molecule has 0 saturated heterocycles. The van der Waals surface area contributed by atoms with Gasteiger partial charge in [-0.15, -0.1) is 0 Å². The van der Waals surface area contributed by atoms with Crippen molar-refractivity contribution in [3.8, 4) is 0 Å². The van der Waals surface area contributed by atoms with Gasteiger partial charge in [0.2, 0.25) is 0 Å². The van der Waals surface area contributed by atoms with Gasteiger partial charge < -0.3 is 9.73 Å². The van der Waals surface area contributed by atoms with Crippen LogP contribution in [0.3, 0.4) is 0 Å². The molecule has 2 aromatic rings. The maximum atomic E-state index is 6.13. The summed E-state index contributed by atoms with van der Waals surface area (Å²) in [7, 11) is 0. The summed E-state index contributed by atoms with van der Waals surface area (Å²) >= 11 is 3.66. The molecule has 0 fully saturated rings. The SMILES string of the molecule is CCCNCc1oc2c(C)ccc(Br)c2c1C(C)C. The Kier molecular flexibility index (Phi) is 4.69. The van der Waals surface area contributed by atoms with E-state index in [2.05, 4.69) is 61.1 Å². The van der Waals surface area contributed by atoms with Gasteiger partial charge in [-0.3, -0.25) is 0 Å². The van der Waals surface area contributed by atoms with Crippen LogP contribution in [0.1, 0.15) is 50.0 Å². The molecule has 0 aliphatic heterocycles. The summed E-state index contributed by atoms with van der Waals surface area (Å²) in [6.07, 6.45) is 1.14. The third kappa shape index (κ3) is 2.87. The second-order valence-electron chi connectivity index (χ2n) is 5.34. The first kappa shape index (κ1) is 14.6. The van der Waals surface area contributed by atoms with Crippen LogP contribution >= 0.6 is 15.9 Å². The van der Waals surface area contributed by atoms with Gasteiger partial charge >= 0.3 is 0 Å². The molecule has 0 atom stereocenters. The van der Waals surface area contributed by atoms with Crippen molar-refractivity contribution < 1.29 is 4.42 Å². The van der Waals surface area contributed by atoms with Crippen molar-refractivity contribution in [1.82, 2.24) is 5.32 Å². The van der Waals surface area contributed by atoms with Crippen LogP contribution in [-0.4, -0.2) is 6.54 Å². The first-order chi connectivity index (χ1) is 9.06. The highest BCUT2D eigenvalue weighted by molar-refractivity contribution is 9.10. The average Bonchev–Trinajstić information content (AvgIpc) is 2.75. The number of fused-ring (bicyclic) bond motifs is 1. The highest BCUT2D eigenvalue weighted by Crippen LogP contribution is 2.38. The van der Waals surface area contributed by atoms with Crippen LogP contribution in [0.5, 0.6) is 0 Å². The highest BCUT2D eigenvalue weighted by atomic mass is 79.9. The zero-order chi connectivity index (χ0) is 14.0. The first-order valence-electron chi connectivity index (χ1n) is 6.97. The highest BCUT2D eigenvalue weighted by Gasteiger charge is 2.19. The van der Waals surface area contributed by atoms with Crippen molar-refractivity contribution in [2.24, 2.45) is 0 Å². The van der Waals surface area contributed by atoms with Crippen molar-refractivity contribution in [3.63, 3.8) is 0 Å². The number of aryl methyl sites for hydroxylation is 1. The predicted octanol–water partition coefficient (Wildman–Crippen LogP) is 5.13. The van der Waals surface area contributed by atoms with Crippen LogP contribution in [0.25, 0.3) is 11.0 Å². The van der Waals surface area contributed by atoms with E-state index in [0.29, 0.717) is 5.92 Å². The Morgan fingerprint density at radius 2 is 2.05 bits per heavy atom. The van der Waals surface area contributed by atoms with Gasteiger partial charge in [-0.2, -0.15) is 0 Å². The lowest BCUT2D eigenvalue weighted by molar-refractivity contribution is 0.503. The molecule has 0 amide bonds. The molecule has 0 saturated carbocycles. The molecule has 0 aliphatic carbocycles. The Labute approximate surface area is 123 Å². The van der Waals surface area contributed by atoms with E-state index in [1.165, 1.54) is 16.5 Å². The summed E-state index contributed by atoms with van der Waals surface area (Å²) in [6.45, 7) is 10.6. The van der Waals surface area contributed by atoms with Crippen molar-refractivity contribution >= 4 is 26.9 Å². The molecule has 0 spiro atoms. The Morgan fingerprint density at radius 1 is 1.32 bits per heavy atom. The molecule has 3 heteroatoms. The Hall–Kier alpha value is -0.800. The summed E-state index contributed by atoms with van der Waals surface area (Å²) < 4.78 is 7.25. The lowest BCUT2D eigenvalue weighted by atomic mass is 9.98. The molecule has 1 aromatic carbocycles. The minimum Gasteiger partial charge on any atom is -0.459 e. The number of furan rings is 1. The molecule has 0 aliphatic rings. The fourth-order valence-corrected chi connectivity index (χ4v) is 3.01. The zero-order valence-electron chi connectivity index (χ0n) is 12.1. The average molecular weight is 324 g/mol. The quantitative estimate of drug-likeness (QED) is 0.772. The van der Waals surface area contributed by atoms with E-state index in [9.17, 15) is 0 Å². The van der Waals surface area contributed by atoms with Crippen LogP contribution in [0, 0.1) is 6.92 Å². The van der Waals surface area contributed by atoms with Gasteiger partial charge in [0.15, 0.2) is 0 Å². The monoisotopic (exact) mass is 323 g/mol. The van der Waals surface area contributed by atoms with Crippen molar-refractivity contribution in [1.29, 1.82) is 0 Å². The lowest BCUT2D eigenvalue weighted by Crippen LogP contribution is -2.14. The normalized spacial score (nSPS) is 11.7. The van der Waals surface area contributed by atoms with Crippen LogP contribution in [0.2, 0.25) is 0 Å². The number of benzene rings is 1. The fraction of sp³-hybridized carbons (Fsp3) is 0.500. The summed E-state index contributed by atoms with van der Waals surface area (Å²) in [5.74, 6) is 1.53. The topological polar surface area (TPSA) is 25.2 Å². The van der Waals surface area contributed by atoms with Gasteiger partial charge in [0.05, 0.1) is 6.54 Å². The molecular formula is C16H22BrNO. The van der Waals surface area contributed by atoms with Crippen molar-refractivity contribution in [2.75, 3.05) is 6.54 Å². The lowest BCUT2D eigenvalue weighted by Gasteiger charge is -2.08. The Morgan fingerprint density at radius 3 is 2.68 bits per heavy atom. The molecule has 1 heterocycles. The maximum absolute atomic E-state index is 6.13. The minimum absolute atomic E-state index is 0.456. The smallest absolute Gasteiger partial charge is 0.138 e. The van der Waals surface area contributed by atoms with E-state index in [1.54, 1.807) is 0 Å². The van der Waals surface area contributed by atoms with Gasteiger partial charge in [0.25, 0.3) is 0 Å². The van der Waals surface area contributed by atoms with Gasteiger partial charge in [0, 0.05) is 15.4 Å². The largest absolute Gasteiger partial charge is 0.459 e. The van der Waals surface area contributed by atoms with Gasteiger partial charge in [-0.25, -0.2) is 0 Å². The summed E-state index contributed by atoms with van der Waals surface area (Å²) in [5.41, 5.74) is 3.54. The number of hydrogen-bond acceptors (Lipinski definition) is 2. The summed E-state index contributed by atoms with van der Waals surface area (Å²) in [5, 5.41) is 4.68. The van der Waals surface area contributed by atoms with E-state index in [1.807, 2.05) is 0 Å². The number of halogens is 1. The van der Waals surface area contributed by atoms with Crippen LogP contribution in [0.15, 0.2) is 21.0 Å². The van der Waals surface area contributed by atoms with Crippen molar-refractivity contribution in [3.05, 3.63) is 33.5 Å². The molecule has 2 nitrogen and oxygen atoms in total. The molecular weight excluding hydrogens is 302 g/mol. The van der Waals surface area contributed by atoms with E-state index in [-0.39, 0.29) is 0 Å². The zero-order valence-corrected chi connectivity index (χ0v) is 13.7. The van der Waals surface area contributed by atoms with Gasteiger partial charge in [-0.05, 0) is 37.4 Å². The molecule has 1 N–H and O–H groups in total. The first-order valence-corrected chi connectivity index (χ1v) is 7.76. The minimum atomic E-state index is 0.456. The van der Waals surface area contributed by atoms with Crippen LogP contribution < -0.4 is 5.32 Å². The standard InChI is InChI=1S/C16H22BrNO/c1-5-8-18-9-13-14(10(2)3)15-12(17)7-6-11(4)16(15)19-13/h6-7,10,18H,5,8-9H2,1-4H3. The third-order valence-electron chi connectivity index (χ3n) is 3.39. The Bertz CT molecular complexity index is 572. The van der Waals surface area contributed by atoms with Gasteiger partial charge in [-0.1, -0.05) is 42.8 Å². The molecule has 2 rings (SSSR count). The molecule has 0 bridgehead atoms. The van der Waals surface area contributed by atoms with Crippen LogP contribution in [0.4, 0.5) is 0 Å². The number of nitrogens with one attached hydrogen (secondary N) is 1. The molecule has 0 unspecified atom stereocenters. The van der Waals surface area contributed by atoms with E-state index >= 15 is 0 Å². The van der Waals surface area contributed by atoms with E-state index in [0.717, 1.165) is 35.3 Å². The second-order valence-corrected chi connectivity index (χ2v) is 6.19. The molecule has 19 heavy (non-hydrogen) atoms. The summed E-state index contributed by atoms with van der Waals surface area (Å²) in [6, 6.07) is 4.21. The summed E-state index contributed by atoms with van der Waals surface area (Å²) in [4.78, 5) is 0. The number of hydrogen-bond donors (Lipinski definition) is 1. The van der Waals surface area contributed by atoms with Crippen LogP contribution in [-0.2, 0) is 6.54 Å².